The summed E-state index contributed by atoms with van der Waals surface area (Å²) in [7, 11) is 0. The second kappa shape index (κ2) is 7.66. The van der Waals surface area contributed by atoms with Gasteiger partial charge in [-0.2, -0.15) is 0 Å². The fourth-order valence-corrected chi connectivity index (χ4v) is 3.44. The lowest BCUT2D eigenvalue weighted by Gasteiger charge is -2.28. The van der Waals surface area contributed by atoms with Gasteiger partial charge >= 0.3 is 5.91 Å². The van der Waals surface area contributed by atoms with E-state index in [4.69, 9.17) is 9.15 Å². The average molecular weight is 411 g/mol. The van der Waals surface area contributed by atoms with Crippen LogP contribution < -0.4 is 10.6 Å². The van der Waals surface area contributed by atoms with E-state index in [1.165, 1.54) is 0 Å². The molecule has 1 aromatic carbocycles. The summed E-state index contributed by atoms with van der Waals surface area (Å²) < 4.78 is 51.1. The fraction of sp³-hybridized carbons (Fsp3) is 0.526. The third-order valence-corrected chi connectivity index (χ3v) is 5.23. The second-order valence-corrected chi connectivity index (χ2v) is 7.42. The van der Waals surface area contributed by atoms with Gasteiger partial charge < -0.3 is 19.8 Å². The third kappa shape index (κ3) is 4.36. The molecule has 7 nitrogen and oxygen atoms in total. The van der Waals surface area contributed by atoms with E-state index in [2.05, 4.69) is 15.6 Å². The quantitative estimate of drug-likeness (QED) is 0.789. The minimum atomic E-state index is -2.71. The number of hydrogen-bond donors (Lipinski definition) is 2. The lowest BCUT2D eigenvalue weighted by atomic mass is 9.92. The molecule has 1 aliphatic carbocycles. The van der Waals surface area contributed by atoms with E-state index < -0.39 is 29.6 Å². The molecule has 0 spiro atoms. The molecular formula is C19H20F3N3O4. The van der Waals surface area contributed by atoms with Gasteiger partial charge in [0.05, 0.1) is 11.7 Å². The minimum Gasteiger partial charge on any atom is -0.431 e. The monoisotopic (exact) mass is 411 g/mol. The lowest BCUT2D eigenvalue weighted by Crippen LogP contribution is -2.40. The van der Waals surface area contributed by atoms with Gasteiger partial charge in [-0.05, 0) is 25.3 Å². The summed E-state index contributed by atoms with van der Waals surface area (Å²) in [6.07, 6.45) is 0.451. The molecule has 156 valence electrons. The lowest BCUT2D eigenvalue weighted by molar-refractivity contribution is -0.0472. The average Bonchev–Trinajstić information content (AvgIpc) is 3.05. The van der Waals surface area contributed by atoms with E-state index in [1.807, 2.05) is 0 Å². The Kier molecular flexibility index (Phi) is 5.20. The number of ether oxygens (including phenoxy) is 1. The third-order valence-electron chi connectivity index (χ3n) is 5.23. The zero-order valence-electron chi connectivity index (χ0n) is 15.5. The number of aromatic nitrogens is 1. The van der Waals surface area contributed by atoms with Crippen molar-refractivity contribution >= 4 is 22.9 Å². The van der Waals surface area contributed by atoms with Gasteiger partial charge in [0, 0.05) is 38.1 Å². The first-order chi connectivity index (χ1) is 13.8. The molecule has 2 aromatic rings. The van der Waals surface area contributed by atoms with Crippen LogP contribution in [0.2, 0.25) is 0 Å². The maximum absolute atomic E-state index is 13.9. The Bertz CT molecular complexity index is 932. The molecule has 4 rings (SSSR count). The van der Waals surface area contributed by atoms with Gasteiger partial charge in [0.15, 0.2) is 5.58 Å². The van der Waals surface area contributed by atoms with Crippen molar-refractivity contribution in [1.29, 1.82) is 0 Å². The number of oxazole rings is 1. The Labute approximate surface area is 164 Å². The van der Waals surface area contributed by atoms with E-state index in [0.717, 1.165) is 18.6 Å². The van der Waals surface area contributed by atoms with Crippen LogP contribution >= 0.6 is 0 Å². The normalized spacial score (nSPS) is 21.6. The summed E-state index contributed by atoms with van der Waals surface area (Å²) in [5.74, 6) is -5.01. The number of hydrogen-bond acceptors (Lipinski definition) is 5. The fourth-order valence-electron chi connectivity index (χ4n) is 3.44. The molecule has 1 saturated heterocycles. The van der Waals surface area contributed by atoms with Crippen LogP contribution in [0, 0.1) is 5.82 Å². The number of amides is 2. The van der Waals surface area contributed by atoms with Gasteiger partial charge in [-0.3, -0.25) is 9.59 Å². The number of carbonyl (C=O) groups is 2. The number of fused-ring (bicyclic) bond motifs is 1. The van der Waals surface area contributed by atoms with Crippen LogP contribution in [0.25, 0.3) is 11.1 Å². The predicted octanol–water partition coefficient (Wildman–Crippen LogP) is 2.79. The number of nitrogens with zero attached hydrogens (tertiary/aromatic N) is 1. The molecule has 1 unspecified atom stereocenters. The Morgan fingerprint density at radius 3 is 2.55 bits per heavy atom. The first-order valence-electron chi connectivity index (χ1n) is 9.49. The van der Waals surface area contributed by atoms with Crippen molar-refractivity contribution in [1.82, 2.24) is 15.6 Å². The first-order valence-corrected chi connectivity index (χ1v) is 9.49. The van der Waals surface area contributed by atoms with Crippen LogP contribution in [0.1, 0.15) is 53.1 Å². The summed E-state index contributed by atoms with van der Waals surface area (Å²) in [4.78, 5) is 28.8. The first kappa shape index (κ1) is 19.7. The number of benzene rings is 1. The molecule has 2 aliphatic rings. The molecule has 2 heterocycles. The highest BCUT2D eigenvalue weighted by molar-refractivity contribution is 6.05. The van der Waals surface area contributed by atoms with Crippen molar-refractivity contribution in [3.8, 4) is 0 Å². The summed E-state index contributed by atoms with van der Waals surface area (Å²) in [5, 5.41) is 5.26. The molecule has 2 fully saturated rings. The van der Waals surface area contributed by atoms with E-state index >= 15 is 0 Å². The number of alkyl halides is 2. The van der Waals surface area contributed by atoms with Crippen LogP contribution in [-0.2, 0) is 4.74 Å². The molecule has 1 saturated carbocycles. The number of rotatable bonds is 5. The van der Waals surface area contributed by atoms with Crippen molar-refractivity contribution in [3.63, 3.8) is 0 Å². The number of carbonyl (C=O) groups excluding carboxylic acids is 2. The molecule has 0 bridgehead atoms. The SMILES string of the molecule is O=C(NC1CCC(F)(F)CC1)c1nc2cc(F)cc(C(=O)NCC3CCO3)c2o1. The molecule has 1 atom stereocenters. The van der Waals surface area contributed by atoms with Gasteiger partial charge in [-0.1, -0.05) is 0 Å². The van der Waals surface area contributed by atoms with Crippen molar-refractivity contribution < 1.29 is 31.9 Å². The zero-order valence-corrected chi connectivity index (χ0v) is 15.5. The Morgan fingerprint density at radius 2 is 1.90 bits per heavy atom. The minimum absolute atomic E-state index is 0.0150. The highest BCUT2D eigenvalue weighted by Crippen LogP contribution is 2.33. The summed E-state index contributed by atoms with van der Waals surface area (Å²) in [6, 6.07) is 1.65. The molecule has 1 aromatic heterocycles. The van der Waals surface area contributed by atoms with Gasteiger partial charge in [-0.25, -0.2) is 18.2 Å². The summed E-state index contributed by atoms with van der Waals surface area (Å²) >= 11 is 0. The number of halogens is 3. The van der Waals surface area contributed by atoms with Crippen molar-refractivity contribution in [2.45, 2.75) is 50.2 Å². The molecule has 10 heteroatoms. The van der Waals surface area contributed by atoms with Crippen LogP contribution in [0.15, 0.2) is 16.5 Å². The molecule has 2 N–H and O–H groups in total. The maximum atomic E-state index is 13.9. The van der Waals surface area contributed by atoms with E-state index in [1.54, 1.807) is 0 Å². The van der Waals surface area contributed by atoms with Crippen molar-refractivity contribution in [2.24, 2.45) is 0 Å². The van der Waals surface area contributed by atoms with Gasteiger partial charge in [0.25, 0.3) is 11.8 Å². The smallest absolute Gasteiger partial charge is 0.307 e. The highest BCUT2D eigenvalue weighted by atomic mass is 19.3. The second-order valence-electron chi connectivity index (χ2n) is 7.42. The standard InChI is InChI=1S/C19H20F3N3O4/c20-10-7-13(16(26)23-9-12-3-6-28-12)15-14(8-10)25-18(29-15)17(27)24-11-1-4-19(21,22)5-2-11/h7-8,11-12H,1-6,9H2,(H,23,26)(H,24,27). The van der Waals surface area contributed by atoms with Gasteiger partial charge in [0.2, 0.25) is 5.92 Å². The van der Waals surface area contributed by atoms with Crippen LogP contribution in [-0.4, -0.2) is 48.0 Å². The van der Waals surface area contributed by atoms with E-state index in [9.17, 15) is 22.8 Å². The summed E-state index contributed by atoms with van der Waals surface area (Å²) in [6.45, 7) is 0.925. The molecular weight excluding hydrogens is 391 g/mol. The highest BCUT2D eigenvalue weighted by Gasteiger charge is 2.36. The van der Waals surface area contributed by atoms with Crippen LogP contribution in [0.5, 0.6) is 0 Å². The Balaban J connectivity index is 1.49. The largest absolute Gasteiger partial charge is 0.431 e. The topological polar surface area (TPSA) is 93.5 Å². The van der Waals surface area contributed by atoms with E-state index in [0.29, 0.717) is 6.61 Å². The zero-order chi connectivity index (χ0) is 20.6. The van der Waals surface area contributed by atoms with Crippen LogP contribution in [0.4, 0.5) is 13.2 Å². The maximum Gasteiger partial charge on any atom is 0.307 e. The molecule has 1 aliphatic heterocycles. The van der Waals surface area contributed by atoms with Crippen molar-refractivity contribution in [2.75, 3.05) is 13.2 Å². The molecule has 29 heavy (non-hydrogen) atoms. The Morgan fingerprint density at radius 1 is 1.17 bits per heavy atom. The van der Waals surface area contributed by atoms with Gasteiger partial charge in [-0.15, -0.1) is 0 Å². The van der Waals surface area contributed by atoms with E-state index in [-0.39, 0.29) is 60.9 Å². The number of nitrogens with one attached hydrogen (secondary N) is 2. The summed E-state index contributed by atoms with van der Waals surface area (Å²) in [5.41, 5.74) is -0.0719. The van der Waals surface area contributed by atoms with Gasteiger partial charge in [0.1, 0.15) is 11.3 Å². The molecule has 0 radical (unpaired) electrons. The van der Waals surface area contributed by atoms with Crippen LogP contribution in [0.3, 0.4) is 0 Å². The Hall–Kier alpha value is -2.62. The predicted molar refractivity (Wildman–Crippen MR) is 95.3 cm³/mol. The molecule has 2 amide bonds. The van der Waals surface area contributed by atoms with Crippen molar-refractivity contribution in [3.05, 3.63) is 29.4 Å².